The normalized spacial score (nSPS) is 9.64. The van der Waals surface area contributed by atoms with Gasteiger partial charge in [0.25, 0.3) is 0 Å². The van der Waals surface area contributed by atoms with E-state index in [0.717, 1.165) is 0 Å². The standard InChI is InChI=1S/C7H5Cl2NO/c8-3-6(11)5-1-2-7(9)10-4-5/h1-2,4H,3H2. The summed E-state index contributed by atoms with van der Waals surface area (Å²) >= 11 is 10.8. The Bertz CT molecular complexity index is 258. The minimum atomic E-state index is -0.143. The molecule has 58 valence electrons. The van der Waals surface area contributed by atoms with Gasteiger partial charge in [0, 0.05) is 11.8 Å². The molecule has 0 spiro atoms. The maximum absolute atomic E-state index is 10.9. The third kappa shape index (κ3) is 2.17. The van der Waals surface area contributed by atoms with Crippen LogP contribution in [0.5, 0.6) is 0 Å². The minimum absolute atomic E-state index is 0.0245. The number of alkyl halides is 1. The summed E-state index contributed by atoms with van der Waals surface area (Å²) in [4.78, 5) is 14.6. The van der Waals surface area contributed by atoms with Gasteiger partial charge in [-0.05, 0) is 12.1 Å². The lowest BCUT2D eigenvalue weighted by atomic mass is 10.2. The Morgan fingerprint density at radius 3 is 2.73 bits per heavy atom. The van der Waals surface area contributed by atoms with E-state index >= 15 is 0 Å². The maximum atomic E-state index is 10.9. The molecule has 0 saturated carbocycles. The lowest BCUT2D eigenvalue weighted by Crippen LogP contribution is -1.99. The van der Waals surface area contributed by atoms with Gasteiger partial charge < -0.3 is 0 Å². The molecule has 0 atom stereocenters. The second-order valence-corrected chi connectivity index (χ2v) is 2.58. The highest BCUT2D eigenvalue weighted by Gasteiger charge is 2.02. The fourth-order valence-electron chi connectivity index (χ4n) is 0.618. The number of hydrogen-bond donors (Lipinski definition) is 0. The van der Waals surface area contributed by atoms with Crippen LogP contribution in [-0.4, -0.2) is 16.6 Å². The van der Waals surface area contributed by atoms with E-state index in [4.69, 9.17) is 23.2 Å². The number of rotatable bonds is 2. The van der Waals surface area contributed by atoms with Crippen molar-refractivity contribution in [3.8, 4) is 0 Å². The summed E-state index contributed by atoms with van der Waals surface area (Å²) in [5.74, 6) is -0.167. The quantitative estimate of drug-likeness (QED) is 0.406. The number of hydrogen-bond acceptors (Lipinski definition) is 2. The highest BCUT2D eigenvalue weighted by molar-refractivity contribution is 6.31. The van der Waals surface area contributed by atoms with Gasteiger partial charge in [-0.1, -0.05) is 11.6 Å². The monoisotopic (exact) mass is 189 g/mol. The third-order valence-electron chi connectivity index (χ3n) is 1.17. The molecular formula is C7H5Cl2NO. The van der Waals surface area contributed by atoms with E-state index in [1.54, 1.807) is 12.1 Å². The molecule has 0 amide bonds. The fourth-order valence-corrected chi connectivity index (χ4v) is 0.884. The lowest BCUT2D eigenvalue weighted by Gasteiger charge is -1.94. The number of halogens is 2. The van der Waals surface area contributed by atoms with Crippen molar-refractivity contribution in [1.29, 1.82) is 0 Å². The number of aromatic nitrogens is 1. The van der Waals surface area contributed by atoms with Crippen molar-refractivity contribution in [3.05, 3.63) is 29.0 Å². The fraction of sp³-hybridized carbons (Fsp3) is 0.143. The zero-order valence-electron chi connectivity index (χ0n) is 5.55. The Morgan fingerprint density at radius 2 is 2.27 bits per heavy atom. The van der Waals surface area contributed by atoms with E-state index in [1.807, 2.05) is 0 Å². The summed E-state index contributed by atoms with van der Waals surface area (Å²) in [6.07, 6.45) is 1.41. The van der Waals surface area contributed by atoms with Crippen LogP contribution in [-0.2, 0) is 0 Å². The van der Waals surface area contributed by atoms with E-state index in [0.29, 0.717) is 10.7 Å². The predicted molar refractivity (Wildman–Crippen MR) is 44.3 cm³/mol. The van der Waals surface area contributed by atoms with Gasteiger partial charge in [0.1, 0.15) is 5.15 Å². The Hall–Kier alpha value is -0.600. The molecule has 0 unspecified atom stereocenters. The third-order valence-corrected chi connectivity index (χ3v) is 1.64. The first-order valence-corrected chi connectivity index (χ1v) is 3.86. The van der Waals surface area contributed by atoms with E-state index < -0.39 is 0 Å². The van der Waals surface area contributed by atoms with Crippen molar-refractivity contribution < 1.29 is 4.79 Å². The Labute approximate surface area is 74.1 Å². The zero-order valence-corrected chi connectivity index (χ0v) is 7.06. The van der Waals surface area contributed by atoms with Crippen molar-refractivity contribution >= 4 is 29.0 Å². The van der Waals surface area contributed by atoms with Crippen molar-refractivity contribution in [1.82, 2.24) is 4.98 Å². The maximum Gasteiger partial charge on any atom is 0.179 e. The van der Waals surface area contributed by atoms with Gasteiger partial charge in [-0.25, -0.2) is 4.98 Å². The molecule has 0 bridgehead atoms. The van der Waals surface area contributed by atoms with Crippen molar-refractivity contribution in [3.63, 3.8) is 0 Å². The van der Waals surface area contributed by atoms with Crippen LogP contribution in [0.3, 0.4) is 0 Å². The van der Waals surface area contributed by atoms with Gasteiger partial charge in [-0.2, -0.15) is 0 Å². The molecule has 0 aliphatic heterocycles. The molecule has 0 radical (unpaired) electrons. The molecule has 2 nitrogen and oxygen atoms in total. The highest BCUT2D eigenvalue weighted by Crippen LogP contribution is 2.06. The van der Waals surface area contributed by atoms with Crippen molar-refractivity contribution in [2.45, 2.75) is 0 Å². The number of pyridine rings is 1. The van der Waals surface area contributed by atoms with Crippen LogP contribution in [0.4, 0.5) is 0 Å². The van der Waals surface area contributed by atoms with Gasteiger partial charge in [-0.3, -0.25) is 4.79 Å². The second kappa shape index (κ2) is 3.69. The van der Waals surface area contributed by atoms with Crippen LogP contribution in [0, 0.1) is 0 Å². The molecule has 1 rings (SSSR count). The van der Waals surface area contributed by atoms with Crippen molar-refractivity contribution in [2.75, 3.05) is 5.88 Å². The van der Waals surface area contributed by atoms with Crippen LogP contribution in [0.15, 0.2) is 18.3 Å². The smallest absolute Gasteiger partial charge is 0.179 e. The second-order valence-electron chi connectivity index (χ2n) is 1.93. The van der Waals surface area contributed by atoms with Crippen LogP contribution in [0.2, 0.25) is 5.15 Å². The van der Waals surface area contributed by atoms with Gasteiger partial charge in [0.15, 0.2) is 5.78 Å². The van der Waals surface area contributed by atoms with E-state index in [2.05, 4.69) is 4.98 Å². The van der Waals surface area contributed by atoms with Gasteiger partial charge in [0.2, 0.25) is 0 Å². The number of ketones is 1. The number of carbonyl (C=O) groups is 1. The Kier molecular flexibility index (Phi) is 2.85. The highest BCUT2D eigenvalue weighted by atomic mass is 35.5. The van der Waals surface area contributed by atoms with E-state index in [9.17, 15) is 4.79 Å². The summed E-state index contributed by atoms with van der Waals surface area (Å²) in [5, 5.41) is 0.371. The molecule has 0 N–H and O–H groups in total. The zero-order chi connectivity index (χ0) is 8.27. The average Bonchev–Trinajstić information content (AvgIpc) is 2.05. The van der Waals surface area contributed by atoms with Crippen LogP contribution in [0.25, 0.3) is 0 Å². The molecule has 0 aliphatic carbocycles. The number of Topliss-reactive ketones (excluding diaryl/α,β-unsaturated/α-hetero) is 1. The van der Waals surface area contributed by atoms with E-state index in [1.165, 1.54) is 6.20 Å². The van der Waals surface area contributed by atoms with Gasteiger partial charge >= 0.3 is 0 Å². The summed E-state index contributed by atoms with van der Waals surface area (Å²) in [6.45, 7) is 0. The molecule has 1 aromatic rings. The molecule has 0 aromatic carbocycles. The summed E-state index contributed by atoms with van der Waals surface area (Å²) in [6, 6.07) is 3.15. The van der Waals surface area contributed by atoms with Crippen LogP contribution < -0.4 is 0 Å². The molecule has 4 heteroatoms. The summed E-state index contributed by atoms with van der Waals surface area (Å²) in [5.41, 5.74) is 0.490. The molecule has 1 heterocycles. The Balaban J connectivity index is 2.90. The van der Waals surface area contributed by atoms with Crippen molar-refractivity contribution in [2.24, 2.45) is 0 Å². The molecule has 0 fully saturated rings. The topological polar surface area (TPSA) is 30.0 Å². The first-order valence-electron chi connectivity index (χ1n) is 2.95. The molecule has 0 aliphatic rings. The Morgan fingerprint density at radius 1 is 1.55 bits per heavy atom. The first kappa shape index (κ1) is 8.50. The largest absolute Gasteiger partial charge is 0.293 e. The number of nitrogens with zero attached hydrogens (tertiary/aromatic N) is 1. The molecule has 11 heavy (non-hydrogen) atoms. The summed E-state index contributed by atoms with van der Waals surface area (Å²) in [7, 11) is 0. The lowest BCUT2D eigenvalue weighted by molar-refractivity contribution is 0.102. The van der Waals surface area contributed by atoms with Gasteiger partial charge in [-0.15, -0.1) is 11.6 Å². The predicted octanol–water partition coefficient (Wildman–Crippen LogP) is 2.16. The SMILES string of the molecule is O=C(CCl)c1ccc(Cl)nc1. The van der Waals surface area contributed by atoms with Crippen LogP contribution in [0.1, 0.15) is 10.4 Å². The van der Waals surface area contributed by atoms with Gasteiger partial charge in [0.05, 0.1) is 5.88 Å². The number of carbonyl (C=O) groups excluding carboxylic acids is 1. The van der Waals surface area contributed by atoms with E-state index in [-0.39, 0.29) is 11.7 Å². The first-order chi connectivity index (χ1) is 5.24. The average molecular weight is 190 g/mol. The summed E-state index contributed by atoms with van der Waals surface area (Å²) < 4.78 is 0. The molecule has 0 saturated heterocycles. The van der Waals surface area contributed by atoms with Crippen LogP contribution >= 0.6 is 23.2 Å². The molecule has 1 aromatic heterocycles. The molecular weight excluding hydrogens is 185 g/mol. The minimum Gasteiger partial charge on any atom is -0.293 e.